The Bertz CT molecular complexity index is 455. The number of rotatable bonds is 5. The van der Waals surface area contributed by atoms with Crippen molar-refractivity contribution in [3.05, 3.63) is 71.8 Å². The van der Waals surface area contributed by atoms with Gasteiger partial charge in [0.15, 0.2) is 0 Å². The maximum Gasteiger partial charge on any atom is 0.0808 e. The molecule has 0 bridgehead atoms. The average molecular weight is 241 g/mol. The van der Waals surface area contributed by atoms with Gasteiger partial charge in [-0.05, 0) is 24.6 Å². The second-order valence-electron chi connectivity index (χ2n) is 4.41. The van der Waals surface area contributed by atoms with Crippen molar-refractivity contribution >= 4 is 0 Å². The van der Waals surface area contributed by atoms with Crippen molar-refractivity contribution in [3.8, 4) is 0 Å². The fourth-order valence-corrected chi connectivity index (χ4v) is 2.14. The summed E-state index contributed by atoms with van der Waals surface area (Å²) in [5.41, 5.74) is 2.17. The molecule has 2 atom stereocenters. The molecule has 0 aliphatic rings. The third kappa shape index (κ3) is 3.19. The van der Waals surface area contributed by atoms with Gasteiger partial charge in [-0.15, -0.1) is 0 Å². The van der Waals surface area contributed by atoms with Crippen LogP contribution in [0.5, 0.6) is 0 Å². The number of nitrogens with one attached hydrogen (secondary N) is 1. The molecule has 0 spiro atoms. The smallest absolute Gasteiger partial charge is 0.0808 e. The molecule has 2 rings (SSSR count). The number of hydrogen-bond donors (Lipinski definition) is 2. The topological polar surface area (TPSA) is 32.3 Å². The first kappa shape index (κ1) is 12.8. The predicted octanol–water partition coefficient (Wildman–Crippen LogP) is 3.07. The monoisotopic (exact) mass is 241 g/mol. The molecule has 0 aliphatic carbocycles. The van der Waals surface area contributed by atoms with Crippen LogP contribution in [-0.2, 0) is 0 Å². The van der Waals surface area contributed by atoms with Crippen molar-refractivity contribution in [2.45, 2.75) is 18.6 Å². The van der Waals surface area contributed by atoms with Gasteiger partial charge >= 0.3 is 0 Å². The second-order valence-corrected chi connectivity index (χ2v) is 4.41. The molecule has 2 heteroatoms. The number of aliphatic hydroxyl groups is 1. The fourth-order valence-electron chi connectivity index (χ4n) is 2.14. The molecule has 0 radical (unpaired) electrons. The first-order valence-electron chi connectivity index (χ1n) is 6.26. The summed E-state index contributed by atoms with van der Waals surface area (Å²) in [6.07, 6.45) is 0.230. The Balaban J connectivity index is 2.07. The minimum atomic E-state index is -0.441. The Labute approximate surface area is 108 Å². The normalized spacial score (nSPS) is 14.1. The first-order chi connectivity index (χ1) is 8.81. The first-order valence-corrected chi connectivity index (χ1v) is 6.26. The molecule has 18 heavy (non-hydrogen) atoms. The summed E-state index contributed by atoms with van der Waals surface area (Å²) in [7, 11) is 1.93. The Morgan fingerprint density at radius 1 is 0.889 bits per heavy atom. The number of aliphatic hydroxyl groups excluding tert-OH is 1. The highest BCUT2D eigenvalue weighted by Gasteiger charge is 2.15. The zero-order chi connectivity index (χ0) is 12.8. The van der Waals surface area contributed by atoms with Crippen LogP contribution in [0.2, 0.25) is 0 Å². The summed E-state index contributed by atoms with van der Waals surface area (Å²) in [4.78, 5) is 0. The molecule has 2 N–H and O–H groups in total. The quantitative estimate of drug-likeness (QED) is 0.843. The van der Waals surface area contributed by atoms with E-state index in [-0.39, 0.29) is 6.04 Å². The van der Waals surface area contributed by atoms with Crippen LogP contribution < -0.4 is 5.32 Å². The Morgan fingerprint density at radius 3 is 1.89 bits per heavy atom. The molecule has 0 saturated carbocycles. The third-order valence-corrected chi connectivity index (χ3v) is 3.19. The van der Waals surface area contributed by atoms with E-state index >= 15 is 0 Å². The van der Waals surface area contributed by atoms with Gasteiger partial charge in [-0.25, -0.2) is 0 Å². The summed E-state index contributed by atoms with van der Waals surface area (Å²) in [5, 5.41) is 13.5. The predicted molar refractivity (Wildman–Crippen MR) is 74.3 cm³/mol. The average Bonchev–Trinajstić information content (AvgIpc) is 2.46. The van der Waals surface area contributed by atoms with Crippen molar-refractivity contribution in [1.29, 1.82) is 0 Å². The Kier molecular flexibility index (Phi) is 4.51. The molecule has 2 aromatic rings. The highest BCUT2D eigenvalue weighted by molar-refractivity contribution is 5.21. The molecular formula is C16H19NO. The van der Waals surface area contributed by atoms with Crippen LogP contribution in [0.25, 0.3) is 0 Å². The minimum Gasteiger partial charge on any atom is -0.388 e. The minimum absolute atomic E-state index is 0.168. The molecule has 0 aromatic heterocycles. The molecule has 2 nitrogen and oxygen atoms in total. The van der Waals surface area contributed by atoms with Crippen molar-refractivity contribution in [3.63, 3.8) is 0 Å². The highest BCUT2D eigenvalue weighted by Crippen LogP contribution is 2.25. The summed E-state index contributed by atoms with van der Waals surface area (Å²) in [6.45, 7) is 0. The van der Waals surface area contributed by atoms with E-state index in [0.29, 0.717) is 6.42 Å². The van der Waals surface area contributed by atoms with Crippen molar-refractivity contribution < 1.29 is 5.11 Å². The largest absolute Gasteiger partial charge is 0.388 e. The lowest BCUT2D eigenvalue weighted by atomic mass is 9.97. The second kappa shape index (κ2) is 6.34. The van der Waals surface area contributed by atoms with E-state index in [2.05, 4.69) is 17.4 Å². The van der Waals surface area contributed by atoms with Gasteiger partial charge in [0.2, 0.25) is 0 Å². The zero-order valence-electron chi connectivity index (χ0n) is 10.6. The Morgan fingerprint density at radius 2 is 1.39 bits per heavy atom. The standard InChI is InChI=1S/C16H19NO/c1-17-15(13-8-4-2-5-9-13)12-16(18)14-10-6-3-7-11-14/h2-11,15-18H,12H2,1H3/t15-,16+/m0/s1. The van der Waals surface area contributed by atoms with Gasteiger partial charge in [-0.1, -0.05) is 60.7 Å². The summed E-state index contributed by atoms with van der Waals surface area (Å²) >= 11 is 0. The van der Waals surface area contributed by atoms with E-state index in [9.17, 15) is 5.11 Å². The van der Waals surface area contributed by atoms with E-state index in [0.717, 1.165) is 5.56 Å². The molecule has 2 aromatic carbocycles. The van der Waals surface area contributed by atoms with Gasteiger partial charge in [-0.2, -0.15) is 0 Å². The van der Waals surface area contributed by atoms with Crippen LogP contribution in [0.4, 0.5) is 0 Å². The maximum atomic E-state index is 10.2. The van der Waals surface area contributed by atoms with Gasteiger partial charge in [0.05, 0.1) is 6.10 Å². The van der Waals surface area contributed by atoms with Crippen molar-refractivity contribution in [1.82, 2.24) is 5.32 Å². The van der Waals surface area contributed by atoms with Crippen LogP contribution in [0.3, 0.4) is 0 Å². The van der Waals surface area contributed by atoms with Crippen LogP contribution in [0, 0.1) is 0 Å². The molecular weight excluding hydrogens is 222 g/mol. The molecule has 0 unspecified atom stereocenters. The summed E-state index contributed by atoms with van der Waals surface area (Å²) in [6, 6.07) is 20.2. The van der Waals surface area contributed by atoms with Gasteiger partial charge in [0.1, 0.15) is 0 Å². The molecule has 94 valence electrons. The SMILES string of the molecule is CN[C@@H](C[C@@H](O)c1ccccc1)c1ccccc1. The van der Waals surface area contributed by atoms with Crippen LogP contribution in [-0.4, -0.2) is 12.2 Å². The number of hydrogen-bond acceptors (Lipinski definition) is 2. The van der Waals surface area contributed by atoms with E-state index in [1.165, 1.54) is 5.56 Å². The summed E-state index contributed by atoms with van der Waals surface area (Å²) in [5.74, 6) is 0. The molecule has 0 amide bonds. The van der Waals surface area contributed by atoms with E-state index in [1.54, 1.807) is 0 Å². The number of benzene rings is 2. The van der Waals surface area contributed by atoms with Crippen molar-refractivity contribution in [2.75, 3.05) is 7.05 Å². The van der Waals surface area contributed by atoms with Gasteiger partial charge in [0, 0.05) is 6.04 Å². The van der Waals surface area contributed by atoms with Gasteiger partial charge < -0.3 is 10.4 Å². The fraction of sp³-hybridized carbons (Fsp3) is 0.250. The Hall–Kier alpha value is -1.64. The maximum absolute atomic E-state index is 10.2. The van der Waals surface area contributed by atoms with Crippen molar-refractivity contribution in [2.24, 2.45) is 0 Å². The van der Waals surface area contributed by atoms with Gasteiger partial charge in [0.25, 0.3) is 0 Å². The molecule has 0 aliphatic heterocycles. The van der Waals surface area contributed by atoms with E-state index in [4.69, 9.17) is 0 Å². The lowest BCUT2D eigenvalue weighted by Crippen LogP contribution is -2.19. The summed E-state index contributed by atoms with van der Waals surface area (Å²) < 4.78 is 0. The molecule has 0 fully saturated rings. The molecule has 0 saturated heterocycles. The lowest BCUT2D eigenvalue weighted by Gasteiger charge is -2.20. The lowest BCUT2D eigenvalue weighted by molar-refractivity contribution is 0.153. The molecule has 0 heterocycles. The highest BCUT2D eigenvalue weighted by atomic mass is 16.3. The van der Waals surface area contributed by atoms with E-state index in [1.807, 2.05) is 55.6 Å². The van der Waals surface area contributed by atoms with Crippen LogP contribution in [0.15, 0.2) is 60.7 Å². The van der Waals surface area contributed by atoms with Crippen LogP contribution in [0.1, 0.15) is 29.7 Å². The zero-order valence-corrected chi connectivity index (χ0v) is 10.6. The van der Waals surface area contributed by atoms with Gasteiger partial charge in [-0.3, -0.25) is 0 Å². The third-order valence-electron chi connectivity index (χ3n) is 3.19. The van der Waals surface area contributed by atoms with E-state index < -0.39 is 6.10 Å². The van der Waals surface area contributed by atoms with Crippen LogP contribution >= 0.6 is 0 Å².